The zero-order valence-corrected chi connectivity index (χ0v) is 16.0. The Hall–Kier alpha value is -2.64. The van der Waals surface area contributed by atoms with Crippen molar-refractivity contribution in [1.29, 1.82) is 0 Å². The first-order chi connectivity index (χ1) is 12.5. The number of carbonyl (C=O) groups excluding carboxylic acids is 1. The highest BCUT2D eigenvalue weighted by atomic mass is 35.5. The van der Waals surface area contributed by atoms with Gasteiger partial charge in [0.2, 0.25) is 0 Å². The number of thiazole rings is 1. The number of amides is 1. The lowest BCUT2D eigenvalue weighted by Gasteiger charge is -2.16. The molecule has 2 N–H and O–H groups in total. The van der Waals surface area contributed by atoms with Crippen molar-refractivity contribution in [2.45, 2.75) is 6.92 Å². The standard InChI is InChI=1S/C18H17ClN4O2S/c1-10-22-15(9-26-10)11-5-4-6-13(17(11)25-3)23-14-7-16(19)21-8-12(14)18(24)20-2/h4-9H,1-3H3,(H,20,24)(H,21,23). The van der Waals surface area contributed by atoms with Crippen LogP contribution in [0.2, 0.25) is 5.15 Å². The first-order valence-electron chi connectivity index (χ1n) is 7.77. The van der Waals surface area contributed by atoms with Crippen LogP contribution in [0.5, 0.6) is 5.75 Å². The minimum Gasteiger partial charge on any atom is -0.494 e. The smallest absolute Gasteiger partial charge is 0.254 e. The number of benzene rings is 1. The number of carbonyl (C=O) groups is 1. The van der Waals surface area contributed by atoms with Crippen molar-refractivity contribution in [3.8, 4) is 17.0 Å². The molecule has 0 aliphatic rings. The van der Waals surface area contributed by atoms with Gasteiger partial charge in [0.25, 0.3) is 5.91 Å². The molecule has 0 unspecified atom stereocenters. The van der Waals surface area contributed by atoms with Crippen molar-refractivity contribution in [2.24, 2.45) is 0 Å². The van der Waals surface area contributed by atoms with Gasteiger partial charge >= 0.3 is 0 Å². The number of nitrogens with zero attached hydrogens (tertiary/aromatic N) is 2. The molecule has 0 bridgehead atoms. The highest BCUT2D eigenvalue weighted by Gasteiger charge is 2.17. The van der Waals surface area contributed by atoms with Gasteiger partial charge in [-0.1, -0.05) is 17.7 Å². The van der Waals surface area contributed by atoms with Gasteiger partial charge in [0, 0.05) is 24.2 Å². The van der Waals surface area contributed by atoms with E-state index >= 15 is 0 Å². The average molecular weight is 389 g/mol. The van der Waals surface area contributed by atoms with E-state index in [-0.39, 0.29) is 11.1 Å². The molecule has 6 nitrogen and oxygen atoms in total. The number of pyridine rings is 1. The number of hydrogen-bond acceptors (Lipinski definition) is 6. The summed E-state index contributed by atoms with van der Waals surface area (Å²) in [6, 6.07) is 7.31. The molecule has 0 spiro atoms. The molecule has 0 fully saturated rings. The lowest BCUT2D eigenvalue weighted by Crippen LogP contribution is -2.19. The first kappa shape index (κ1) is 18.2. The van der Waals surface area contributed by atoms with Crippen LogP contribution in [0.1, 0.15) is 15.4 Å². The molecule has 1 aromatic carbocycles. The summed E-state index contributed by atoms with van der Waals surface area (Å²) in [5.74, 6) is 0.371. The number of rotatable bonds is 5. The Labute approximate surface area is 160 Å². The third-order valence-electron chi connectivity index (χ3n) is 3.73. The molecule has 1 amide bonds. The summed E-state index contributed by atoms with van der Waals surface area (Å²) in [6.45, 7) is 1.96. The van der Waals surface area contributed by atoms with Gasteiger partial charge in [-0.2, -0.15) is 0 Å². The summed E-state index contributed by atoms with van der Waals surface area (Å²) in [5.41, 5.74) is 3.32. The number of aryl methyl sites for hydroxylation is 1. The predicted octanol–water partition coefficient (Wildman–Crippen LogP) is 4.28. The first-order valence-corrected chi connectivity index (χ1v) is 9.03. The molecule has 3 aromatic rings. The maximum Gasteiger partial charge on any atom is 0.254 e. The van der Waals surface area contributed by atoms with Crippen LogP contribution in [-0.4, -0.2) is 30.0 Å². The summed E-state index contributed by atoms with van der Waals surface area (Å²) < 4.78 is 5.62. The van der Waals surface area contributed by atoms with E-state index in [4.69, 9.17) is 16.3 Å². The predicted molar refractivity (Wildman–Crippen MR) is 105 cm³/mol. The highest BCUT2D eigenvalue weighted by molar-refractivity contribution is 7.09. The Bertz CT molecular complexity index is 958. The molecule has 2 heterocycles. The van der Waals surface area contributed by atoms with E-state index in [9.17, 15) is 4.79 Å². The Morgan fingerprint density at radius 3 is 2.77 bits per heavy atom. The second kappa shape index (κ2) is 7.72. The van der Waals surface area contributed by atoms with Gasteiger partial charge in [-0.3, -0.25) is 4.79 Å². The SMILES string of the molecule is CNC(=O)c1cnc(Cl)cc1Nc1cccc(-c2csc(C)n2)c1OC. The third kappa shape index (κ3) is 3.63. The zero-order valence-electron chi connectivity index (χ0n) is 14.5. The van der Waals surface area contributed by atoms with Gasteiger partial charge < -0.3 is 15.4 Å². The molecule has 0 aliphatic heterocycles. The molecule has 3 rings (SSSR count). The van der Waals surface area contributed by atoms with Crippen LogP contribution in [0, 0.1) is 6.92 Å². The second-order valence-corrected chi connectivity index (χ2v) is 6.84. The highest BCUT2D eigenvalue weighted by Crippen LogP contribution is 2.38. The molecular formula is C18H17ClN4O2S. The van der Waals surface area contributed by atoms with E-state index in [0.717, 1.165) is 16.3 Å². The van der Waals surface area contributed by atoms with Gasteiger partial charge in [-0.05, 0) is 25.1 Å². The van der Waals surface area contributed by atoms with Crippen LogP contribution in [-0.2, 0) is 0 Å². The van der Waals surface area contributed by atoms with Crippen molar-refractivity contribution < 1.29 is 9.53 Å². The van der Waals surface area contributed by atoms with E-state index in [2.05, 4.69) is 20.6 Å². The average Bonchev–Trinajstić information content (AvgIpc) is 3.07. The number of anilines is 2. The van der Waals surface area contributed by atoms with E-state index < -0.39 is 0 Å². The Morgan fingerprint density at radius 1 is 1.31 bits per heavy atom. The molecule has 0 saturated heterocycles. The number of halogens is 1. The van der Waals surface area contributed by atoms with Crippen LogP contribution >= 0.6 is 22.9 Å². The third-order valence-corrected chi connectivity index (χ3v) is 4.71. The minimum absolute atomic E-state index is 0.262. The number of nitrogens with one attached hydrogen (secondary N) is 2. The van der Waals surface area contributed by atoms with Gasteiger partial charge in [-0.25, -0.2) is 9.97 Å². The maximum atomic E-state index is 12.1. The fraction of sp³-hybridized carbons (Fsp3) is 0.167. The van der Waals surface area contributed by atoms with Crippen LogP contribution in [0.15, 0.2) is 35.8 Å². The van der Waals surface area contributed by atoms with Crippen molar-refractivity contribution in [2.75, 3.05) is 19.5 Å². The van der Waals surface area contributed by atoms with Crippen LogP contribution in [0.4, 0.5) is 11.4 Å². The van der Waals surface area contributed by atoms with E-state index in [1.54, 1.807) is 31.6 Å². The van der Waals surface area contributed by atoms with Gasteiger partial charge in [0.05, 0.1) is 34.7 Å². The summed E-state index contributed by atoms with van der Waals surface area (Å²) in [6.07, 6.45) is 1.43. The zero-order chi connectivity index (χ0) is 18.7. The van der Waals surface area contributed by atoms with E-state index in [0.29, 0.717) is 22.7 Å². The maximum absolute atomic E-state index is 12.1. The number of ether oxygens (including phenoxy) is 1. The Balaban J connectivity index is 2.06. The molecule has 8 heteroatoms. The van der Waals surface area contributed by atoms with Crippen molar-refractivity contribution >= 4 is 40.2 Å². The largest absolute Gasteiger partial charge is 0.494 e. The summed E-state index contributed by atoms with van der Waals surface area (Å²) >= 11 is 7.59. The molecule has 26 heavy (non-hydrogen) atoms. The van der Waals surface area contributed by atoms with Gasteiger partial charge in [-0.15, -0.1) is 11.3 Å². The number of hydrogen-bond donors (Lipinski definition) is 2. The summed E-state index contributed by atoms with van der Waals surface area (Å²) in [5, 5.41) is 9.06. The van der Waals surface area contributed by atoms with Crippen molar-refractivity contribution in [1.82, 2.24) is 15.3 Å². The van der Waals surface area contributed by atoms with Gasteiger partial charge in [0.15, 0.2) is 5.75 Å². The fourth-order valence-electron chi connectivity index (χ4n) is 2.54. The lowest BCUT2D eigenvalue weighted by atomic mass is 10.1. The number of para-hydroxylation sites is 1. The fourth-order valence-corrected chi connectivity index (χ4v) is 3.31. The topological polar surface area (TPSA) is 76.1 Å². The van der Waals surface area contributed by atoms with Crippen molar-refractivity contribution in [3.05, 3.63) is 51.6 Å². The van der Waals surface area contributed by atoms with Gasteiger partial charge in [0.1, 0.15) is 5.15 Å². The molecule has 0 aliphatic carbocycles. The lowest BCUT2D eigenvalue weighted by molar-refractivity contribution is 0.0963. The van der Waals surface area contributed by atoms with Crippen LogP contribution in [0.3, 0.4) is 0 Å². The second-order valence-electron chi connectivity index (χ2n) is 5.39. The van der Waals surface area contributed by atoms with E-state index in [1.165, 1.54) is 6.20 Å². The summed E-state index contributed by atoms with van der Waals surface area (Å²) in [7, 11) is 3.16. The Morgan fingerprint density at radius 2 is 2.12 bits per heavy atom. The monoisotopic (exact) mass is 388 g/mol. The quantitative estimate of drug-likeness (QED) is 0.638. The number of methoxy groups -OCH3 is 1. The molecule has 0 radical (unpaired) electrons. The minimum atomic E-state index is -0.262. The molecule has 2 aromatic heterocycles. The molecule has 0 saturated carbocycles. The summed E-state index contributed by atoms with van der Waals surface area (Å²) in [4.78, 5) is 20.6. The van der Waals surface area contributed by atoms with E-state index in [1.807, 2.05) is 30.5 Å². The molecule has 134 valence electrons. The molecule has 0 atom stereocenters. The Kier molecular flexibility index (Phi) is 5.39. The number of aromatic nitrogens is 2. The van der Waals surface area contributed by atoms with Crippen LogP contribution < -0.4 is 15.4 Å². The van der Waals surface area contributed by atoms with Crippen LogP contribution in [0.25, 0.3) is 11.3 Å². The normalized spacial score (nSPS) is 10.5. The molecular weight excluding hydrogens is 372 g/mol. The van der Waals surface area contributed by atoms with Crippen molar-refractivity contribution in [3.63, 3.8) is 0 Å².